The van der Waals surface area contributed by atoms with E-state index in [1.165, 1.54) is 25.3 Å². The second-order valence-electron chi connectivity index (χ2n) is 5.42. The molecule has 0 spiro atoms. The van der Waals surface area contributed by atoms with Crippen LogP contribution in [0.25, 0.3) is 0 Å². The molecule has 2 rings (SSSR count). The van der Waals surface area contributed by atoms with Crippen molar-refractivity contribution in [1.82, 2.24) is 5.32 Å². The first-order chi connectivity index (χ1) is 10.1. The fourth-order valence-corrected chi connectivity index (χ4v) is 2.85. The fourth-order valence-electron chi connectivity index (χ4n) is 2.85. The molecule has 1 aliphatic carbocycles. The third-order valence-corrected chi connectivity index (χ3v) is 4.01. The number of nitrogens with zero attached hydrogens (tertiary/aromatic N) is 1. The monoisotopic (exact) mass is 291 g/mol. The van der Waals surface area contributed by atoms with Gasteiger partial charge in [0.2, 0.25) is 0 Å². The van der Waals surface area contributed by atoms with Gasteiger partial charge in [-0.3, -0.25) is 14.9 Å². The van der Waals surface area contributed by atoms with E-state index in [-0.39, 0.29) is 17.2 Å². The summed E-state index contributed by atoms with van der Waals surface area (Å²) in [6.07, 6.45) is 5.92. The maximum absolute atomic E-state index is 12.2. The molecule has 0 saturated heterocycles. The van der Waals surface area contributed by atoms with Gasteiger partial charge in [0.25, 0.3) is 5.91 Å². The van der Waals surface area contributed by atoms with Gasteiger partial charge in [-0.25, -0.2) is 0 Å². The van der Waals surface area contributed by atoms with Crippen molar-refractivity contribution in [3.8, 4) is 0 Å². The molecule has 0 atom stereocenters. The Morgan fingerprint density at radius 3 is 2.67 bits per heavy atom. The van der Waals surface area contributed by atoms with E-state index in [0.717, 1.165) is 12.8 Å². The molecule has 0 bridgehead atoms. The van der Waals surface area contributed by atoms with E-state index in [0.29, 0.717) is 18.2 Å². The molecule has 0 aliphatic heterocycles. The summed E-state index contributed by atoms with van der Waals surface area (Å²) in [5, 5.41) is 16.8. The highest BCUT2D eigenvalue weighted by Crippen LogP contribution is 2.28. The van der Waals surface area contributed by atoms with Gasteiger partial charge in [-0.1, -0.05) is 25.3 Å². The number of hydrogen-bond acceptors (Lipinski definition) is 4. The van der Waals surface area contributed by atoms with E-state index in [9.17, 15) is 14.9 Å². The molecule has 2 N–H and O–H groups in total. The maximum Gasteiger partial charge on any atom is 0.305 e. The predicted molar refractivity (Wildman–Crippen MR) is 81.6 cm³/mol. The minimum atomic E-state index is -0.513. The highest BCUT2D eigenvalue weighted by Gasteiger charge is 2.24. The lowest BCUT2D eigenvalue weighted by atomic mass is 9.89. The standard InChI is InChI=1S/C15H21N3O3/c1-16-13-9-5-8-12(14(13)18(20)21)15(19)17-10-11-6-3-2-4-7-11/h5,8-9,11,16H,2-4,6-7,10H2,1H3,(H,17,19). The molecule has 0 heterocycles. The SMILES string of the molecule is CNc1cccc(C(=O)NCC2CCCCC2)c1[N+](=O)[O-]. The summed E-state index contributed by atoms with van der Waals surface area (Å²) < 4.78 is 0. The van der Waals surface area contributed by atoms with Crippen LogP contribution in [0.1, 0.15) is 42.5 Å². The smallest absolute Gasteiger partial charge is 0.305 e. The minimum absolute atomic E-state index is 0.114. The molecule has 114 valence electrons. The molecule has 1 aromatic rings. The molecule has 1 fully saturated rings. The summed E-state index contributed by atoms with van der Waals surface area (Å²) in [5.74, 6) is 0.124. The van der Waals surface area contributed by atoms with Gasteiger partial charge < -0.3 is 10.6 Å². The molecule has 0 unspecified atom stereocenters. The van der Waals surface area contributed by atoms with Gasteiger partial charge in [-0.05, 0) is 30.9 Å². The van der Waals surface area contributed by atoms with Crippen LogP contribution in [-0.4, -0.2) is 24.4 Å². The normalized spacial score (nSPS) is 15.5. The van der Waals surface area contributed by atoms with Crippen LogP contribution in [0.3, 0.4) is 0 Å². The molecule has 6 nitrogen and oxygen atoms in total. The molecule has 1 amide bonds. The molecule has 1 aliphatic rings. The van der Waals surface area contributed by atoms with Crippen molar-refractivity contribution in [3.05, 3.63) is 33.9 Å². The molecule has 1 aromatic carbocycles. The van der Waals surface area contributed by atoms with Gasteiger partial charge in [0.1, 0.15) is 11.3 Å². The molecule has 0 radical (unpaired) electrons. The summed E-state index contributed by atoms with van der Waals surface area (Å²) in [4.78, 5) is 22.9. The Balaban J connectivity index is 2.09. The number of nitro benzene ring substituents is 1. The van der Waals surface area contributed by atoms with Crippen molar-refractivity contribution in [3.63, 3.8) is 0 Å². The van der Waals surface area contributed by atoms with E-state index in [1.54, 1.807) is 19.2 Å². The highest BCUT2D eigenvalue weighted by atomic mass is 16.6. The van der Waals surface area contributed by atoms with Gasteiger partial charge in [0.05, 0.1) is 4.92 Å². The first-order valence-electron chi connectivity index (χ1n) is 7.37. The largest absolute Gasteiger partial charge is 0.383 e. The predicted octanol–water partition coefficient (Wildman–Crippen LogP) is 2.95. The first kappa shape index (κ1) is 15.3. The Hall–Kier alpha value is -2.11. The third kappa shape index (κ3) is 3.71. The molecule has 6 heteroatoms. The zero-order valence-electron chi connectivity index (χ0n) is 12.2. The van der Waals surface area contributed by atoms with Gasteiger partial charge in [0.15, 0.2) is 0 Å². The van der Waals surface area contributed by atoms with Crippen molar-refractivity contribution in [2.45, 2.75) is 32.1 Å². The van der Waals surface area contributed by atoms with Gasteiger partial charge >= 0.3 is 5.69 Å². The number of amides is 1. The van der Waals surface area contributed by atoms with E-state index in [1.807, 2.05) is 0 Å². The zero-order chi connectivity index (χ0) is 15.2. The Kier molecular flexibility index (Phi) is 5.14. The number of nitro groups is 1. The first-order valence-corrected chi connectivity index (χ1v) is 7.37. The number of nitrogens with one attached hydrogen (secondary N) is 2. The highest BCUT2D eigenvalue weighted by molar-refractivity contribution is 6.00. The van der Waals surface area contributed by atoms with Crippen LogP contribution in [0, 0.1) is 16.0 Å². The summed E-state index contributed by atoms with van der Waals surface area (Å²) in [6, 6.07) is 4.74. The van der Waals surface area contributed by atoms with Crippen LogP contribution in [0.15, 0.2) is 18.2 Å². The number of hydrogen-bond donors (Lipinski definition) is 2. The summed E-state index contributed by atoms with van der Waals surface area (Å²) in [5.41, 5.74) is 0.300. The Bertz CT molecular complexity index is 525. The average molecular weight is 291 g/mol. The maximum atomic E-state index is 12.2. The minimum Gasteiger partial charge on any atom is -0.383 e. The van der Waals surface area contributed by atoms with Crippen LogP contribution >= 0.6 is 0 Å². The summed E-state index contributed by atoms with van der Waals surface area (Å²) in [7, 11) is 1.60. The van der Waals surface area contributed by atoms with E-state index in [2.05, 4.69) is 10.6 Å². The quantitative estimate of drug-likeness (QED) is 0.645. The summed E-state index contributed by atoms with van der Waals surface area (Å²) >= 11 is 0. The van der Waals surface area contributed by atoms with Crippen molar-refractivity contribution in [2.24, 2.45) is 5.92 Å². The second-order valence-corrected chi connectivity index (χ2v) is 5.42. The van der Waals surface area contributed by atoms with Crippen LogP contribution in [0.5, 0.6) is 0 Å². The van der Waals surface area contributed by atoms with Gasteiger partial charge in [0, 0.05) is 13.6 Å². The number of rotatable bonds is 5. The zero-order valence-corrected chi connectivity index (χ0v) is 12.2. The molecular formula is C15H21N3O3. The van der Waals surface area contributed by atoms with Crippen LogP contribution in [0.2, 0.25) is 0 Å². The van der Waals surface area contributed by atoms with E-state index >= 15 is 0 Å². The number of benzene rings is 1. The molecular weight excluding hydrogens is 270 g/mol. The van der Waals surface area contributed by atoms with E-state index < -0.39 is 4.92 Å². The van der Waals surface area contributed by atoms with Gasteiger partial charge in [-0.2, -0.15) is 0 Å². The Labute approximate surface area is 124 Å². The van der Waals surface area contributed by atoms with Crippen molar-refractivity contribution in [1.29, 1.82) is 0 Å². The topological polar surface area (TPSA) is 84.3 Å². The van der Waals surface area contributed by atoms with Crippen molar-refractivity contribution < 1.29 is 9.72 Å². The number of para-hydroxylation sites is 1. The molecule has 1 saturated carbocycles. The fraction of sp³-hybridized carbons (Fsp3) is 0.533. The van der Waals surface area contributed by atoms with Crippen LogP contribution in [0.4, 0.5) is 11.4 Å². The lowest BCUT2D eigenvalue weighted by molar-refractivity contribution is -0.384. The number of anilines is 1. The second kappa shape index (κ2) is 7.06. The average Bonchev–Trinajstić information content (AvgIpc) is 2.52. The van der Waals surface area contributed by atoms with Crippen LogP contribution < -0.4 is 10.6 Å². The van der Waals surface area contributed by atoms with E-state index in [4.69, 9.17) is 0 Å². The molecule has 21 heavy (non-hydrogen) atoms. The van der Waals surface area contributed by atoms with Crippen molar-refractivity contribution in [2.75, 3.05) is 18.9 Å². The third-order valence-electron chi connectivity index (χ3n) is 4.01. The van der Waals surface area contributed by atoms with Crippen molar-refractivity contribution >= 4 is 17.3 Å². The lowest BCUT2D eigenvalue weighted by Gasteiger charge is -2.21. The Morgan fingerprint density at radius 1 is 1.33 bits per heavy atom. The molecule has 0 aromatic heterocycles. The number of carbonyl (C=O) groups is 1. The van der Waals surface area contributed by atoms with Crippen LogP contribution in [-0.2, 0) is 0 Å². The number of carbonyl (C=O) groups excluding carboxylic acids is 1. The Morgan fingerprint density at radius 2 is 2.05 bits per heavy atom. The summed E-state index contributed by atoms with van der Waals surface area (Å²) in [6.45, 7) is 0.597. The lowest BCUT2D eigenvalue weighted by Crippen LogP contribution is -2.30. The van der Waals surface area contributed by atoms with Gasteiger partial charge in [-0.15, -0.1) is 0 Å².